The number of carbonyl (C=O) groups is 1. The van der Waals surface area contributed by atoms with E-state index in [1.54, 1.807) is 42.6 Å². The van der Waals surface area contributed by atoms with E-state index in [2.05, 4.69) is 26.2 Å². The molecule has 140 valence electrons. The van der Waals surface area contributed by atoms with Gasteiger partial charge < -0.3 is 24.9 Å². The van der Waals surface area contributed by atoms with E-state index in [4.69, 9.17) is 9.47 Å². The van der Waals surface area contributed by atoms with Crippen LogP contribution in [-0.2, 0) is 4.79 Å². The van der Waals surface area contributed by atoms with Crippen LogP contribution in [0.15, 0.2) is 51.9 Å². The van der Waals surface area contributed by atoms with Crippen molar-refractivity contribution in [3.63, 3.8) is 0 Å². The Morgan fingerprint density at radius 3 is 2.52 bits per heavy atom. The van der Waals surface area contributed by atoms with Crippen molar-refractivity contribution in [3.8, 4) is 11.5 Å². The standard InChI is InChI=1S/C19H17BrN2O5/c1-26-15-6-3-10(7-16(15)27-2)17(19(24)25)22-11-4-5-12-13(8-11)18(23)21-9-14(12)20/h3-9,17,22H,1-2H3,(H,21,23)(H,24,25). The molecule has 3 aromatic rings. The van der Waals surface area contributed by atoms with Gasteiger partial charge in [-0.25, -0.2) is 4.79 Å². The highest BCUT2D eigenvalue weighted by atomic mass is 79.9. The third kappa shape index (κ3) is 3.75. The number of benzene rings is 2. The van der Waals surface area contributed by atoms with Gasteiger partial charge in [-0.3, -0.25) is 4.79 Å². The fourth-order valence-corrected chi connectivity index (χ4v) is 3.26. The third-order valence-corrected chi connectivity index (χ3v) is 4.81. The number of rotatable bonds is 6. The van der Waals surface area contributed by atoms with Gasteiger partial charge in [0.2, 0.25) is 0 Å². The van der Waals surface area contributed by atoms with Crippen LogP contribution >= 0.6 is 15.9 Å². The number of aromatic amines is 1. The van der Waals surface area contributed by atoms with Crippen molar-refractivity contribution in [2.24, 2.45) is 0 Å². The van der Waals surface area contributed by atoms with Crippen LogP contribution in [0.3, 0.4) is 0 Å². The van der Waals surface area contributed by atoms with Crippen LogP contribution in [0.2, 0.25) is 0 Å². The smallest absolute Gasteiger partial charge is 0.330 e. The van der Waals surface area contributed by atoms with E-state index in [9.17, 15) is 14.7 Å². The number of ether oxygens (including phenoxy) is 2. The molecule has 1 aromatic heterocycles. The number of carboxylic acids is 1. The molecule has 3 rings (SSSR count). The highest BCUT2D eigenvalue weighted by Crippen LogP contribution is 2.32. The number of methoxy groups -OCH3 is 2. The van der Waals surface area contributed by atoms with Crippen molar-refractivity contribution < 1.29 is 19.4 Å². The predicted octanol–water partition coefficient (Wildman–Crippen LogP) is 3.55. The number of hydrogen-bond donors (Lipinski definition) is 3. The summed E-state index contributed by atoms with van der Waals surface area (Å²) < 4.78 is 11.2. The van der Waals surface area contributed by atoms with Gasteiger partial charge in [0.05, 0.1) is 19.6 Å². The summed E-state index contributed by atoms with van der Waals surface area (Å²) in [5.74, 6) is -0.125. The molecule has 0 bridgehead atoms. The first-order valence-electron chi connectivity index (χ1n) is 7.97. The molecule has 0 saturated heterocycles. The van der Waals surface area contributed by atoms with Gasteiger partial charge in [-0.1, -0.05) is 12.1 Å². The number of halogens is 1. The van der Waals surface area contributed by atoms with Gasteiger partial charge in [0, 0.05) is 21.7 Å². The van der Waals surface area contributed by atoms with E-state index in [1.165, 1.54) is 14.2 Å². The van der Waals surface area contributed by atoms with E-state index < -0.39 is 12.0 Å². The molecule has 27 heavy (non-hydrogen) atoms. The fourth-order valence-electron chi connectivity index (χ4n) is 2.80. The zero-order valence-electron chi connectivity index (χ0n) is 14.6. The number of anilines is 1. The lowest BCUT2D eigenvalue weighted by molar-refractivity contribution is -0.138. The Balaban J connectivity index is 2.00. The lowest BCUT2D eigenvalue weighted by Crippen LogP contribution is -2.20. The first-order valence-corrected chi connectivity index (χ1v) is 8.76. The second-order valence-corrected chi connectivity index (χ2v) is 6.61. The molecule has 1 atom stereocenters. The second-order valence-electron chi connectivity index (χ2n) is 5.76. The van der Waals surface area contributed by atoms with Gasteiger partial charge in [-0.05, 0) is 45.8 Å². The van der Waals surface area contributed by atoms with Crippen molar-refractivity contribution in [1.82, 2.24) is 4.98 Å². The number of hydrogen-bond acceptors (Lipinski definition) is 5. The Labute approximate surface area is 163 Å². The SMILES string of the molecule is COc1ccc(C(Nc2ccc3c(Br)c[nH]c(=O)c3c2)C(=O)O)cc1OC. The summed E-state index contributed by atoms with van der Waals surface area (Å²) in [6.07, 6.45) is 1.57. The first-order chi connectivity index (χ1) is 12.9. The van der Waals surface area contributed by atoms with Gasteiger partial charge in [0.25, 0.3) is 5.56 Å². The molecule has 1 heterocycles. The molecular formula is C19H17BrN2O5. The van der Waals surface area contributed by atoms with Crippen LogP contribution in [-0.4, -0.2) is 30.3 Å². The van der Waals surface area contributed by atoms with Crippen molar-refractivity contribution in [2.75, 3.05) is 19.5 Å². The lowest BCUT2D eigenvalue weighted by Gasteiger charge is -2.18. The minimum atomic E-state index is -1.06. The summed E-state index contributed by atoms with van der Waals surface area (Å²) in [5, 5.41) is 13.8. The molecule has 0 aliphatic rings. The van der Waals surface area contributed by atoms with Crippen LogP contribution in [0.1, 0.15) is 11.6 Å². The van der Waals surface area contributed by atoms with Crippen molar-refractivity contribution in [1.29, 1.82) is 0 Å². The molecule has 0 aliphatic heterocycles. The first kappa shape index (κ1) is 18.8. The summed E-state index contributed by atoms with van der Waals surface area (Å²) in [6, 6.07) is 8.97. The number of aliphatic carboxylic acids is 1. The Bertz CT molecular complexity index is 1060. The van der Waals surface area contributed by atoms with E-state index in [0.29, 0.717) is 28.1 Å². The maximum absolute atomic E-state index is 12.1. The van der Waals surface area contributed by atoms with Gasteiger partial charge in [0.1, 0.15) is 0 Å². The van der Waals surface area contributed by atoms with Gasteiger partial charge >= 0.3 is 5.97 Å². The molecule has 1 unspecified atom stereocenters. The molecule has 0 aliphatic carbocycles. The lowest BCUT2D eigenvalue weighted by atomic mass is 10.0. The zero-order chi connectivity index (χ0) is 19.6. The molecule has 8 heteroatoms. The summed E-state index contributed by atoms with van der Waals surface area (Å²) in [4.78, 5) is 26.5. The molecule has 7 nitrogen and oxygen atoms in total. The Kier molecular flexibility index (Phi) is 5.36. The second kappa shape index (κ2) is 7.71. The van der Waals surface area contributed by atoms with Gasteiger partial charge in [-0.15, -0.1) is 0 Å². The van der Waals surface area contributed by atoms with E-state index in [-0.39, 0.29) is 5.56 Å². The average Bonchev–Trinajstić information content (AvgIpc) is 2.68. The number of carboxylic acid groups (broad SMARTS) is 1. The molecule has 2 aromatic carbocycles. The number of aromatic nitrogens is 1. The Morgan fingerprint density at radius 2 is 1.85 bits per heavy atom. The normalized spacial score (nSPS) is 11.8. The van der Waals surface area contributed by atoms with Crippen LogP contribution in [0, 0.1) is 0 Å². The molecule has 0 fully saturated rings. The summed E-state index contributed by atoms with van der Waals surface area (Å²) >= 11 is 3.39. The minimum absolute atomic E-state index is 0.255. The number of nitrogens with one attached hydrogen (secondary N) is 2. The predicted molar refractivity (Wildman–Crippen MR) is 106 cm³/mol. The van der Waals surface area contributed by atoms with Crippen molar-refractivity contribution >= 4 is 38.4 Å². The number of H-pyrrole nitrogens is 1. The number of fused-ring (bicyclic) bond motifs is 1. The van der Waals surface area contributed by atoms with Crippen molar-refractivity contribution in [2.45, 2.75) is 6.04 Å². The van der Waals surface area contributed by atoms with Gasteiger partial charge in [0.15, 0.2) is 17.5 Å². The fraction of sp³-hybridized carbons (Fsp3) is 0.158. The largest absolute Gasteiger partial charge is 0.493 e. The summed E-state index contributed by atoms with van der Waals surface area (Å²) in [5.41, 5.74) is 0.742. The summed E-state index contributed by atoms with van der Waals surface area (Å²) in [7, 11) is 2.99. The average molecular weight is 433 g/mol. The molecule has 0 spiro atoms. The minimum Gasteiger partial charge on any atom is -0.493 e. The van der Waals surface area contributed by atoms with Crippen LogP contribution in [0.25, 0.3) is 10.8 Å². The topological polar surface area (TPSA) is 101 Å². The molecule has 3 N–H and O–H groups in total. The third-order valence-electron chi connectivity index (χ3n) is 4.15. The van der Waals surface area contributed by atoms with Crippen molar-refractivity contribution in [3.05, 3.63) is 63.0 Å². The maximum atomic E-state index is 12.1. The molecule has 0 saturated carbocycles. The highest BCUT2D eigenvalue weighted by Gasteiger charge is 2.21. The monoisotopic (exact) mass is 432 g/mol. The summed E-state index contributed by atoms with van der Waals surface area (Å²) in [6.45, 7) is 0. The highest BCUT2D eigenvalue weighted by molar-refractivity contribution is 9.10. The molecular weight excluding hydrogens is 416 g/mol. The quantitative estimate of drug-likeness (QED) is 0.550. The Hall–Kier alpha value is -3.00. The molecule has 0 radical (unpaired) electrons. The maximum Gasteiger partial charge on any atom is 0.330 e. The van der Waals surface area contributed by atoms with Crippen LogP contribution in [0.4, 0.5) is 5.69 Å². The molecule has 0 amide bonds. The number of pyridine rings is 1. The van der Waals surface area contributed by atoms with E-state index >= 15 is 0 Å². The van der Waals surface area contributed by atoms with Crippen LogP contribution in [0.5, 0.6) is 11.5 Å². The van der Waals surface area contributed by atoms with E-state index in [0.717, 1.165) is 9.86 Å². The van der Waals surface area contributed by atoms with E-state index in [1.807, 2.05) is 0 Å². The zero-order valence-corrected chi connectivity index (χ0v) is 16.2. The Morgan fingerprint density at radius 1 is 1.11 bits per heavy atom. The van der Waals surface area contributed by atoms with Crippen LogP contribution < -0.4 is 20.3 Å². The van der Waals surface area contributed by atoms with Gasteiger partial charge in [-0.2, -0.15) is 0 Å².